The summed E-state index contributed by atoms with van der Waals surface area (Å²) in [4.78, 5) is 11.5. The minimum atomic E-state index is -0.344. The molecule has 92 valence electrons. The summed E-state index contributed by atoms with van der Waals surface area (Å²) in [5, 5.41) is 13.0. The monoisotopic (exact) mass is 234 g/mol. The zero-order valence-electron chi connectivity index (χ0n) is 10.3. The van der Waals surface area contributed by atoms with Crippen LogP contribution >= 0.6 is 0 Å². The summed E-state index contributed by atoms with van der Waals surface area (Å²) in [6.07, 6.45) is 0.861. The fourth-order valence-electron chi connectivity index (χ4n) is 2.14. The Hall–Kier alpha value is -1.55. The highest BCUT2D eigenvalue weighted by molar-refractivity contribution is 5.81. The lowest BCUT2D eigenvalue weighted by Crippen LogP contribution is -2.35. The second-order valence-electron chi connectivity index (χ2n) is 4.51. The quantitative estimate of drug-likeness (QED) is 0.854. The first kappa shape index (κ1) is 11.9. The number of nitrogens with zero attached hydrogens (tertiary/aromatic N) is 2. The van der Waals surface area contributed by atoms with Crippen LogP contribution in [0, 0.1) is 0 Å². The summed E-state index contributed by atoms with van der Waals surface area (Å²) in [6, 6.07) is 7.97. The van der Waals surface area contributed by atoms with Gasteiger partial charge in [0, 0.05) is 20.0 Å². The molecule has 1 aliphatic rings. The van der Waals surface area contributed by atoms with E-state index in [2.05, 4.69) is 0 Å². The highest BCUT2D eigenvalue weighted by Gasteiger charge is 2.25. The van der Waals surface area contributed by atoms with E-state index >= 15 is 0 Å². The molecule has 1 N–H and O–H groups in total. The first-order valence-corrected chi connectivity index (χ1v) is 5.89. The largest absolute Gasteiger partial charge is 0.393 e. The van der Waals surface area contributed by atoms with Gasteiger partial charge in [-0.25, -0.2) is 0 Å². The Morgan fingerprint density at radius 1 is 1.47 bits per heavy atom. The van der Waals surface area contributed by atoms with Crippen molar-refractivity contribution in [1.29, 1.82) is 0 Å². The summed E-state index contributed by atoms with van der Waals surface area (Å²) in [5.74, 6) is 0.144. The van der Waals surface area contributed by atoms with Crippen molar-refractivity contribution >= 4 is 11.6 Å². The molecular weight excluding hydrogens is 216 g/mol. The van der Waals surface area contributed by atoms with Crippen molar-refractivity contribution in [2.24, 2.45) is 0 Å². The third-order valence-electron chi connectivity index (χ3n) is 3.00. The number of hydrazine groups is 1. The van der Waals surface area contributed by atoms with Crippen LogP contribution in [0.4, 0.5) is 5.69 Å². The fraction of sp³-hybridized carbons (Fsp3) is 0.462. The van der Waals surface area contributed by atoms with E-state index in [0.717, 1.165) is 17.8 Å². The maximum absolute atomic E-state index is 11.5. The number of anilines is 1. The predicted molar refractivity (Wildman–Crippen MR) is 66.6 cm³/mol. The first-order chi connectivity index (χ1) is 8.08. The molecule has 1 unspecified atom stereocenters. The Labute approximate surface area is 101 Å². The van der Waals surface area contributed by atoms with Gasteiger partial charge in [0.2, 0.25) is 5.91 Å². The van der Waals surface area contributed by atoms with E-state index < -0.39 is 0 Å². The highest BCUT2D eigenvalue weighted by atomic mass is 16.3. The molecule has 2 rings (SSSR count). The van der Waals surface area contributed by atoms with Gasteiger partial charge < -0.3 is 5.11 Å². The van der Waals surface area contributed by atoms with Crippen molar-refractivity contribution in [2.75, 3.05) is 18.6 Å². The Balaban J connectivity index is 2.18. The van der Waals surface area contributed by atoms with Crippen molar-refractivity contribution in [1.82, 2.24) is 5.01 Å². The molecule has 0 saturated carbocycles. The molecular formula is C13H18N2O2. The summed E-state index contributed by atoms with van der Waals surface area (Å²) < 4.78 is 0. The molecule has 4 nitrogen and oxygen atoms in total. The van der Waals surface area contributed by atoms with Gasteiger partial charge in [0.15, 0.2) is 0 Å². The van der Waals surface area contributed by atoms with E-state index in [1.807, 2.05) is 29.3 Å². The predicted octanol–water partition coefficient (Wildman–Crippen LogP) is 1.19. The lowest BCUT2D eigenvalue weighted by Gasteiger charge is -2.26. The minimum Gasteiger partial charge on any atom is -0.393 e. The molecule has 17 heavy (non-hydrogen) atoms. The van der Waals surface area contributed by atoms with Gasteiger partial charge >= 0.3 is 0 Å². The number of aliphatic hydroxyl groups is 1. The Kier molecular flexibility index (Phi) is 3.33. The van der Waals surface area contributed by atoms with E-state index in [-0.39, 0.29) is 12.0 Å². The summed E-state index contributed by atoms with van der Waals surface area (Å²) >= 11 is 0. The van der Waals surface area contributed by atoms with Gasteiger partial charge in [0.05, 0.1) is 11.8 Å². The van der Waals surface area contributed by atoms with Crippen molar-refractivity contribution < 1.29 is 9.90 Å². The van der Waals surface area contributed by atoms with Crippen LogP contribution in [0.25, 0.3) is 0 Å². The SMILES string of the molecule is CC(O)Cc1cccc(N2CCC(=O)N2C)c1. The van der Waals surface area contributed by atoms with Gasteiger partial charge in [-0.15, -0.1) is 0 Å². The lowest BCUT2D eigenvalue weighted by molar-refractivity contribution is -0.126. The molecule has 1 aliphatic heterocycles. The van der Waals surface area contributed by atoms with E-state index in [0.29, 0.717) is 12.8 Å². The van der Waals surface area contributed by atoms with Crippen LogP contribution in [0.1, 0.15) is 18.9 Å². The molecule has 1 aromatic carbocycles. The second-order valence-corrected chi connectivity index (χ2v) is 4.51. The number of carbonyl (C=O) groups is 1. The topological polar surface area (TPSA) is 43.8 Å². The van der Waals surface area contributed by atoms with E-state index in [1.165, 1.54) is 0 Å². The van der Waals surface area contributed by atoms with Gasteiger partial charge in [0.25, 0.3) is 0 Å². The molecule has 1 heterocycles. The van der Waals surface area contributed by atoms with E-state index in [4.69, 9.17) is 0 Å². The number of carbonyl (C=O) groups excluding carboxylic acids is 1. The normalized spacial score (nSPS) is 17.7. The Bertz CT molecular complexity index is 418. The summed E-state index contributed by atoms with van der Waals surface area (Å²) in [6.45, 7) is 2.51. The standard InChI is InChI=1S/C13H18N2O2/c1-10(16)8-11-4-3-5-12(9-11)15-7-6-13(17)14(15)2/h3-5,9-10,16H,6-8H2,1-2H3. The second kappa shape index (κ2) is 4.75. The molecule has 0 bridgehead atoms. The first-order valence-electron chi connectivity index (χ1n) is 5.89. The number of rotatable bonds is 3. The molecule has 0 aromatic heterocycles. The fourth-order valence-corrected chi connectivity index (χ4v) is 2.14. The van der Waals surface area contributed by atoms with Crippen LogP contribution in [0.15, 0.2) is 24.3 Å². The van der Waals surface area contributed by atoms with Crippen LogP contribution in [0.5, 0.6) is 0 Å². The average molecular weight is 234 g/mol. The van der Waals surface area contributed by atoms with Crippen LogP contribution in [-0.2, 0) is 11.2 Å². The van der Waals surface area contributed by atoms with Gasteiger partial charge in [-0.1, -0.05) is 12.1 Å². The molecule has 1 aromatic rings. The maximum Gasteiger partial charge on any atom is 0.242 e. The van der Waals surface area contributed by atoms with Crippen LogP contribution in [-0.4, -0.2) is 35.7 Å². The van der Waals surface area contributed by atoms with Crippen LogP contribution < -0.4 is 5.01 Å². The van der Waals surface area contributed by atoms with E-state index in [9.17, 15) is 9.90 Å². The number of hydrogen-bond acceptors (Lipinski definition) is 3. The molecule has 1 atom stereocenters. The Morgan fingerprint density at radius 3 is 2.82 bits per heavy atom. The number of aliphatic hydroxyl groups excluding tert-OH is 1. The van der Waals surface area contributed by atoms with Crippen molar-refractivity contribution in [3.63, 3.8) is 0 Å². The zero-order valence-corrected chi connectivity index (χ0v) is 10.3. The Morgan fingerprint density at radius 2 is 2.24 bits per heavy atom. The third-order valence-corrected chi connectivity index (χ3v) is 3.00. The van der Waals surface area contributed by atoms with E-state index in [1.54, 1.807) is 19.0 Å². The molecule has 0 aliphatic carbocycles. The van der Waals surface area contributed by atoms with Gasteiger partial charge in [0.1, 0.15) is 0 Å². The van der Waals surface area contributed by atoms with Gasteiger partial charge in [-0.3, -0.25) is 14.8 Å². The highest BCUT2D eigenvalue weighted by Crippen LogP contribution is 2.22. The molecule has 0 radical (unpaired) electrons. The molecule has 4 heteroatoms. The van der Waals surface area contributed by atoms with Crippen molar-refractivity contribution in [3.05, 3.63) is 29.8 Å². The molecule has 1 amide bonds. The van der Waals surface area contributed by atoms with Gasteiger partial charge in [-0.05, 0) is 31.0 Å². The van der Waals surface area contributed by atoms with Crippen LogP contribution in [0.2, 0.25) is 0 Å². The number of benzene rings is 1. The smallest absolute Gasteiger partial charge is 0.242 e. The molecule has 0 spiro atoms. The third kappa shape index (κ3) is 2.58. The van der Waals surface area contributed by atoms with Gasteiger partial charge in [-0.2, -0.15) is 0 Å². The van der Waals surface area contributed by atoms with Crippen LogP contribution in [0.3, 0.4) is 0 Å². The lowest BCUT2D eigenvalue weighted by atomic mass is 10.1. The number of hydrogen-bond donors (Lipinski definition) is 1. The molecule has 1 saturated heterocycles. The average Bonchev–Trinajstić information content (AvgIpc) is 2.59. The summed E-state index contributed by atoms with van der Waals surface area (Å²) in [7, 11) is 1.79. The molecule has 1 fully saturated rings. The maximum atomic E-state index is 11.5. The summed E-state index contributed by atoms with van der Waals surface area (Å²) in [5.41, 5.74) is 2.10. The van der Waals surface area contributed by atoms with Crippen molar-refractivity contribution in [2.45, 2.75) is 25.9 Å². The minimum absolute atomic E-state index is 0.144. The zero-order chi connectivity index (χ0) is 12.4. The number of amides is 1. The van der Waals surface area contributed by atoms with Crippen molar-refractivity contribution in [3.8, 4) is 0 Å².